The maximum atomic E-state index is 13.4. The minimum Gasteiger partial charge on any atom is -0.333 e. The minimum absolute atomic E-state index is 0.0287. The fraction of sp³-hybridized carbons (Fsp3) is 0.500. The molecule has 1 fully saturated rings. The Morgan fingerprint density at radius 1 is 1.37 bits per heavy atom. The second-order valence-corrected chi connectivity index (χ2v) is 9.02. The van der Waals surface area contributed by atoms with E-state index >= 15 is 0 Å². The Bertz CT molecular complexity index is 884. The van der Waals surface area contributed by atoms with Crippen molar-refractivity contribution in [2.75, 3.05) is 18.1 Å². The smallest absolute Gasteiger partial charge is 0.270 e. The van der Waals surface area contributed by atoms with E-state index in [-0.39, 0.29) is 54.2 Å². The summed E-state index contributed by atoms with van der Waals surface area (Å²) in [6, 6.07) is 5.52. The highest BCUT2D eigenvalue weighted by Crippen LogP contribution is 2.23. The standard InChI is InChI=1S/C18H22FN3O4S/c1-2-21(11-13-4-3-5-14(19)10-13)18(24)16-6-7-17(23)22(20-16)15-8-9-27(25,26)12-15/h3-5,10,15H,2,6-9,11-12H2,1H3. The summed E-state index contributed by atoms with van der Waals surface area (Å²) >= 11 is 0. The fourth-order valence-corrected chi connectivity index (χ4v) is 5.04. The Kier molecular flexibility index (Phi) is 5.59. The van der Waals surface area contributed by atoms with Crippen LogP contribution in [0.3, 0.4) is 0 Å². The molecule has 0 bridgehead atoms. The monoisotopic (exact) mass is 395 g/mol. The van der Waals surface area contributed by atoms with Gasteiger partial charge >= 0.3 is 0 Å². The molecule has 2 amide bonds. The quantitative estimate of drug-likeness (QED) is 0.753. The van der Waals surface area contributed by atoms with Gasteiger partial charge in [-0.3, -0.25) is 9.59 Å². The molecule has 1 aromatic carbocycles. The van der Waals surface area contributed by atoms with Crippen LogP contribution in [0.4, 0.5) is 4.39 Å². The van der Waals surface area contributed by atoms with E-state index in [2.05, 4.69) is 5.10 Å². The first-order valence-electron chi connectivity index (χ1n) is 8.93. The van der Waals surface area contributed by atoms with Gasteiger partial charge in [-0.15, -0.1) is 0 Å². The lowest BCUT2D eigenvalue weighted by molar-refractivity contribution is -0.134. The molecule has 0 spiro atoms. The lowest BCUT2D eigenvalue weighted by atomic mass is 10.1. The predicted octanol–water partition coefficient (Wildman–Crippen LogP) is 1.34. The number of halogens is 1. The van der Waals surface area contributed by atoms with Crippen LogP contribution >= 0.6 is 0 Å². The number of hydrogen-bond donors (Lipinski definition) is 0. The van der Waals surface area contributed by atoms with Crippen LogP contribution in [0.5, 0.6) is 0 Å². The molecular formula is C18H22FN3O4S. The Morgan fingerprint density at radius 2 is 2.15 bits per heavy atom. The predicted molar refractivity (Wildman–Crippen MR) is 98.1 cm³/mol. The van der Waals surface area contributed by atoms with Crippen LogP contribution in [-0.2, 0) is 26.0 Å². The van der Waals surface area contributed by atoms with E-state index < -0.39 is 15.9 Å². The van der Waals surface area contributed by atoms with E-state index in [0.717, 1.165) is 0 Å². The molecule has 2 aliphatic heterocycles. The number of rotatable bonds is 5. The van der Waals surface area contributed by atoms with Crippen LogP contribution < -0.4 is 0 Å². The second kappa shape index (κ2) is 7.75. The van der Waals surface area contributed by atoms with Crippen molar-refractivity contribution in [3.05, 3.63) is 35.6 Å². The summed E-state index contributed by atoms with van der Waals surface area (Å²) < 4.78 is 36.8. The van der Waals surface area contributed by atoms with Crippen molar-refractivity contribution >= 4 is 27.4 Å². The van der Waals surface area contributed by atoms with Gasteiger partial charge in [0.05, 0.1) is 17.5 Å². The van der Waals surface area contributed by atoms with Gasteiger partial charge in [-0.05, 0) is 31.0 Å². The number of hydrogen-bond acceptors (Lipinski definition) is 5. The molecule has 0 saturated carbocycles. The van der Waals surface area contributed by atoms with Crippen molar-refractivity contribution < 1.29 is 22.4 Å². The van der Waals surface area contributed by atoms with Gasteiger partial charge in [-0.25, -0.2) is 17.8 Å². The lowest BCUT2D eigenvalue weighted by Crippen LogP contribution is -2.44. The molecule has 2 heterocycles. The first-order chi connectivity index (χ1) is 12.8. The Labute approximate surface area is 157 Å². The molecule has 1 saturated heterocycles. The normalized spacial score (nSPS) is 21.9. The summed E-state index contributed by atoms with van der Waals surface area (Å²) in [5.74, 6) is -1.04. The van der Waals surface area contributed by atoms with E-state index in [1.165, 1.54) is 22.0 Å². The summed E-state index contributed by atoms with van der Waals surface area (Å²) in [7, 11) is -3.17. The average Bonchev–Trinajstić information content (AvgIpc) is 2.99. The summed E-state index contributed by atoms with van der Waals surface area (Å²) in [4.78, 5) is 26.6. The molecule has 0 aromatic heterocycles. The molecule has 3 rings (SSSR count). The highest BCUT2D eigenvalue weighted by molar-refractivity contribution is 7.91. The largest absolute Gasteiger partial charge is 0.333 e. The summed E-state index contributed by atoms with van der Waals surface area (Å²) in [5.41, 5.74) is 0.897. The second-order valence-electron chi connectivity index (χ2n) is 6.79. The number of benzene rings is 1. The maximum Gasteiger partial charge on any atom is 0.270 e. The van der Waals surface area contributed by atoms with Gasteiger partial charge in [0.1, 0.15) is 11.5 Å². The average molecular weight is 395 g/mol. The molecule has 1 unspecified atom stereocenters. The number of hydrazone groups is 1. The molecule has 0 radical (unpaired) electrons. The van der Waals surface area contributed by atoms with Gasteiger partial charge in [-0.1, -0.05) is 12.1 Å². The summed E-state index contributed by atoms with van der Waals surface area (Å²) in [6.45, 7) is 2.45. The maximum absolute atomic E-state index is 13.4. The Hall–Kier alpha value is -2.29. The number of carbonyl (C=O) groups excluding carboxylic acids is 2. The molecule has 0 N–H and O–H groups in total. The van der Waals surface area contributed by atoms with Gasteiger partial charge in [0.15, 0.2) is 9.84 Å². The number of nitrogens with zero attached hydrogens (tertiary/aromatic N) is 3. The first-order valence-corrected chi connectivity index (χ1v) is 10.7. The third-order valence-corrected chi connectivity index (χ3v) is 6.54. The van der Waals surface area contributed by atoms with Crippen molar-refractivity contribution in [1.29, 1.82) is 0 Å². The lowest BCUT2D eigenvalue weighted by Gasteiger charge is -2.29. The van der Waals surface area contributed by atoms with E-state index in [9.17, 15) is 22.4 Å². The van der Waals surface area contributed by atoms with Crippen molar-refractivity contribution in [3.63, 3.8) is 0 Å². The Balaban J connectivity index is 1.77. The highest BCUT2D eigenvalue weighted by Gasteiger charge is 2.37. The minimum atomic E-state index is -3.17. The van der Waals surface area contributed by atoms with Gasteiger partial charge in [0.25, 0.3) is 5.91 Å². The third-order valence-electron chi connectivity index (χ3n) is 4.79. The molecule has 146 valence electrons. The first kappa shape index (κ1) is 19.5. The van der Waals surface area contributed by atoms with Gasteiger partial charge in [-0.2, -0.15) is 5.10 Å². The number of carbonyl (C=O) groups is 2. The zero-order valence-electron chi connectivity index (χ0n) is 15.1. The van der Waals surface area contributed by atoms with Gasteiger partial charge < -0.3 is 4.90 Å². The van der Waals surface area contributed by atoms with E-state index in [0.29, 0.717) is 18.5 Å². The van der Waals surface area contributed by atoms with Gasteiger partial charge in [0, 0.05) is 25.9 Å². The molecule has 9 heteroatoms. The van der Waals surface area contributed by atoms with Crippen molar-refractivity contribution in [2.24, 2.45) is 5.10 Å². The van der Waals surface area contributed by atoms with Crippen molar-refractivity contribution in [2.45, 2.75) is 38.8 Å². The van der Waals surface area contributed by atoms with Crippen LogP contribution in [0.25, 0.3) is 0 Å². The zero-order valence-corrected chi connectivity index (χ0v) is 15.9. The molecule has 1 atom stereocenters. The molecule has 27 heavy (non-hydrogen) atoms. The topological polar surface area (TPSA) is 87.1 Å². The van der Waals surface area contributed by atoms with Crippen molar-refractivity contribution in [1.82, 2.24) is 9.91 Å². The molecule has 7 nitrogen and oxygen atoms in total. The number of amides is 2. The van der Waals surface area contributed by atoms with Crippen LogP contribution in [0.1, 0.15) is 31.7 Å². The SMILES string of the molecule is CCN(Cc1cccc(F)c1)C(=O)C1=NN(C2CCS(=O)(=O)C2)C(=O)CC1. The number of sulfone groups is 1. The highest BCUT2D eigenvalue weighted by atomic mass is 32.2. The van der Waals surface area contributed by atoms with E-state index in [1.807, 2.05) is 6.92 Å². The van der Waals surface area contributed by atoms with Crippen LogP contribution in [0.2, 0.25) is 0 Å². The zero-order chi connectivity index (χ0) is 19.6. The third kappa shape index (κ3) is 4.52. The van der Waals surface area contributed by atoms with Crippen LogP contribution in [0.15, 0.2) is 29.4 Å². The van der Waals surface area contributed by atoms with Gasteiger partial charge in [0.2, 0.25) is 5.91 Å². The molecule has 2 aliphatic rings. The van der Waals surface area contributed by atoms with Crippen LogP contribution in [0, 0.1) is 5.82 Å². The van der Waals surface area contributed by atoms with Crippen LogP contribution in [-0.4, -0.2) is 59.9 Å². The van der Waals surface area contributed by atoms with E-state index in [1.54, 1.807) is 12.1 Å². The molecular weight excluding hydrogens is 373 g/mol. The summed E-state index contributed by atoms with van der Waals surface area (Å²) in [6.07, 6.45) is 0.672. The van der Waals surface area contributed by atoms with Crippen molar-refractivity contribution in [3.8, 4) is 0 Å². The molecule has 0 aliphatic carbocycles. The Morgan fingerprint density at radius 3 is 2.78 bits per heavy atom. The summed E-state index contributed by atoms with van der Waals surface area (Å²) in [5, 5.41) is 5.39. The fourth-order valence-electron chi connectivity index (χ4n) is 3.34. The van der Waals surface area contributed by atoms with E-state index in [4.69, 9.17) is 0 Å². The molecule has 1 aromatic rings.